The molecule has 0 spiro atoms. The lowest BCUT2D eigenvalue weighted by Gasteiger charge is -2.08. The normalized spacial score (nSPS) is 10.5. The fraction of sp³-hybridized carbons (Fsp3) is 0.261. The number of hydrogen-bond donors (Lipinski definition) is 0. The molecule has 0 fully saturated rings. The molecule has 8 nitrogen and oxygen atoms in total. The molecule has 1 heterocycles. The Morgan fingerprint density at radius 1 is 0.968 bits per heavy atom. The van der Waals surface area contributed by atoms with Gasteiger partial charge in [-0.05, 0) is 55.8 Å². The van der Waals surface area contributed by atoms with Gasteiger partial charge in [-0.25, -0.2) is 9.59 Å². The van der Waals surface area contributed by atoms with Crippen LogP contribution < -0.4 is 19.8 Å². The summed E-state index contributed by atoms with van der Waals surface area (Å²) in [6.45, 7) is 2.15. The summed E-state index contributed by atoms with van der Waals surface area (Å²) in [6.07, 6.45) is 0.621. The predicted octanol–water partition coefficient (Wildman–Crippen LogP) is 3.74. The van der Waals surface area contributed by atoms with E-state index in [-0.39, 0.29) is 29.9 Å². The molecular formula is C23H22O8. The van der Waals surface area contributed by atoms with E-state index in [0.29, 0.717) is 24.2 Å². The number of ether oxygens (including phenoxy) is 4. The summed E-state index contributed by atoms with van der Waals surface area (Å²) in [5, 5.41) is 0.510. The molecule has 8 heteroatoms. The molecule has 0 bridgehead atoms. The third-order valence-electron chi connectivity index (χ3n) is 4.29. The second-order valence-electron chi connectivity index (χ2n) is 6.47. The molecule has 3 rings (SSSR count). The Morgan fingerprint density at radius 3 is 2.39 bits per heavy atom. The number of methoxy groups -OCH3 is 1. The third kappa shape index (κ3) is 5.85. The highest BCUT2D eigenvalue weighted by molar-refractivity contribution is 5.93. The van der Waals surface area contributed by atoms with Crippen molar-refractivity contribution in [3.8, 4) is 17.2 Å². The summed E-state index contributed by atoms with van der Waals surface area (Å²) in [5.74, 6) is 0.467. The van der Waals surface area contributed by atoms with E-state index in [4.69, 9.17) is 23.4 Å². The number of fused-ring (bicyclic) bond motifs is 1. The van der Waals surface area contributed by atoms with Crippen molar-refractivity contribution in [3.05, 3.63) is 64.5 Å². The zero-order chi connectivity index (χ0) is 22.2. The molecule has 0 unspecified atom stereocenters. The minimum atomic E-state index is -0.815. The summed E-state index contributed by atoms with van der Waals surface area (Å²) < 4.78 is 26.0. The van der Waals surface area contributed by atoms with Crippen LogP contribution in [0.3, 0.4) is 0 Å². The maximum atomic E-state index is 12.1. The summed E-state index contributed by atoms with van der Waals surface area (Å²) in [5.41, 5.74) is -0.799. The van der Waals surface area contributed by atoms with Crippen molar-refractivity contribution in [2.75, 3.05) is 20.3 Å². The van der Waals surface area contributed by atoms with Crippen molar-refractivity contribution in [3.63, 3.8) is 0 Å². The molecule has 0 aliphatic carbocycles. The van der Waals surface area contributed by atoms with E-state index in [1.54, 1.807) is 50.4 Å². The number of benzene rings is 2. The van der Waals surface area contributed by atoms with Crippen molar-refractivity contribution >= 4 is 22.9 Å². The van der Waals surface area contributed by atoms with Crippen LogP contribution in [0.1, 0.15) is 30.1 Å². The van der Waals surface area contributed by atoms with Gasteiger partial charge in [0.2, 0.25) is 0 Å². The Balaban J connectivity index is 1.54. The van der Waals surface area contributed by atoms with Gasteiger partial charge < -0.3 is 23.4 Å². The number of hydrogen-bond acceptors (Lipinski definition) is 8. The lowest BCUT2D eigenvalue weighted by atomic mass is 10.2. The number of carbonyl (C=O) groups excluding carboxylic acids is 2. The molecule has 0 saturated heterocycles. The van der Waals surface area contributed by atoms with Crippen LogP contribution in [0.5, 0.6) is 17.2 Å². The van der Waals surface area contributed by atoms with Crippen molar-refractivity contribution in [2.24, 2.45) is 0 Å². The third-order valence-corrected chi connectivity index (χ3v) is 4.29. The van der Waals surface area contributed by atoms with Gasteiger partial charge in [0.1, 0.15) is 28.4 Å². The van der Waals surface area contributed by atoms with E-state index in [0.717, 1.165) is 5.75 Å². The minimum Gasteiger partial charge on any atom is -0.497 e. The summed E-state index contributed by atoms with van der Waals surface area (Å²) in [7, 11) is 1.59. The van der Waals surface area contributed by atoms with Crippen LogP contribution in [0.4, 0.5) is 0 Å². The van der Waals surface area contributed by atoms with Gasteiger partial charge in [0.05, 0.1) is 20.3 Å². The van der Waals surface area contributed by atoms with Crippen LogP contribution in [-0.4, -0.2) is 32.3 Å². The molecule has 0 saturated carbocycles. The van der Waals surface area contributed by atoms with Gasteiger partial charge in [0.15, 0.2) is 0 Å². The standard InChI is InChI=1S/C23H22O8/c1-3-28-22(25)19-13-15-6-7-18(14-20(15)31-23(19)26)30-21(24)5-4-12-29-17-10-8-16(27-2)9-11-17/h6-11,13-14H,3-5,12H2,1-2H3. The zero-order valence-corrected chi connectivity index (χ0v) is 17.2. The molecule has 0 aliphatic rings. The molecule has 1 aromatic heterocycles. The van der Waals surface area contributed by atoms with Crippen molar-refractivity contribution in [1.82, 2.24) is 0 Å². The zero-order valence-electron chi connectivity index (χ0n) is 17.2. The molecule has 0 atom stereocenters. The second kappa shape index (κ2) is 10.3. The van der Waals surface area contributed by atoms with E-state index in [1.807, 2.05) is 0 Å². The van der Waals surface area contributed by atoms with Gasteiger partial charge in [0.25, 0.3) is 0 Å². The topological polar surface area (TPSA) is 101 Å². The first-order valence-corrected chi connectivity index (χ1v) is 9.72. The van der Waals surface area contributed by atoms with Crippen LogP contribution >= 0.6 is 0 Å². The predicted molar refractivity (Wildman–Crippen MR) is 112 cm³/mol. The Morgan fingerprint density at radius 2 is 1.68 bits per heavy atom. The summed E-state index contributed by atoms with van der Waals surface area (Å²) >= 11 is 0. The van der Waals surface area contributed by atoms with E-state index in [9.17, 15) is 14.4 Å². The van der Waals surface area contributed by atoms with Crippen LogP contribution in [0.2, 0.25) is 0 Å². The molecule has 31 heavy (non-hydrogen) atoms. The van der Waals surface area contributed by atoms with Gasteiger partial charge in [-0.15, -0.1) is 0 Å². The monoisotopic (exact) mass is 426 g/mol. The van der Waals surface area contributed by atoms with Crippen LogP contribution in [0, 0.1) is 0 Å². The molecule has 0 aliphatic heterocycles. The first-order chi connectivity index (χ1) is 15.0. The Kier molecular flexibility index (Phi) is 7.26. The maximum absolute atomic E-state index is 12.1. The number of rotatable bonds is 9. The van der Waals surface area contributed by atoms with Crippen LogP contribution in [0.15, 0.2) is 57.7 Å². The molecule has 2 aromatic carbocycles. The molecule has 0 N–H and O–H groups in total. The lowest BCUT2D eigenvalue weighted by molar-refractivity contribution is -0.134. The summed E-state index contributed by atoms with van der Waals surface area (Å²) in [6, 6.07) is 13.1. The second-order valence-corrected chi connectivity index (χ2v) is 6.47. The van der Waals surface area contributed by atoms with Crippen molar-refractivity contribution in [2.45, 2.75) is 19.8 Å². The first-order valence-electron chi connectivity index (χ1n) is 9.72. The van der Waals surface area contributed by atoms with Crippen LogP contribution in [0.25, 0.3) is 11.0 Å². The smallest absolute Gasteiger partial charge is 0.351 e. The lowest BCUT2D eigenvalue weighted by Crippen LogP contribution is -2.16. The number of carbonyl (C=O) groups is 2. The highest BCUT2D eigenvalue weighted by atomic mass is 16.5. The average Bonchev–Trinajstić information content (AvgIpc) is 2.76. The highest BCUT2D eigenvalue weighted by Gasteiger charge is 2.15. The maximum Gasteiger partial charge on any atom is 0.351 e. The molecule has 3 aromatic rings. The fourth-order valence-corrected chi connectivity index (χ4v) is 2.77. The van der Waals surface area contributed by atoms with Gasteiger partial charge in [-0.2, -0.15) is 0 Å². The average molecular weight is 426 g/mol. The van der Waals surface area contributed by atoms with Crippen molar-refractivity contribution in [1.29, 1.82) is 0 Å². The minimum absolute atomic E-state index is 0.149. The van der Waals surface area contributed by atoms with Gasteiger partial charge in [0, 0.05) is 17.9 Å². The number of esters is 2. The molecule has 162 valence electrons. The molecule has 0 amide bonds. The summed E-state index contributed by atoms with van der Waals surface area (Å²) in [4.78, 5) is 35.9. The highest BCUT2D eigenvalue weighted by Crippen LogP contribution is 2.22. The van der Waals surface area contributed by atoms with E-state index < -0.39 is 17.6 Å². The SMILES string of the molecule is CCOC(=O)c1cc2ccc(OC(=O)CCCOc3ccc(OC)cc3)cc2oc1=O. The first kappa shape index (κ1) is 21.9. The van der Waals surface area contributed by atoms with E-state index in [2.05, 4.69) is 0 Å². The Bertz CT molecular complexity index is 1110. The van der Waals surface area contributed by atoms with Crippen LogP contribution in [-0.2, 0) is 9.53 Å². The molecular weight excluding hydrogens is 404 g/mol. The van der Waals surface area contributed by atoms with Gasteiger partial charge in [-0.1, -0.05) is 0 Å². The van der Waals surface area contributed by atoms with Gasteiger partial charge in [-0.3, -0.25) is 4.79 Å². The molecule has 0 radical (unpaired) electrons. The quantitative estimate of drug-likeness (QED) is 0.221. The van der Waals surface area contributed by atoms with E-state index >= 15 is 0 Å². The Labute approximate surface area is 178 Å². The fourth-order valence-electron chi connectivity index (χ4n) is 2.77. The van der Waals surface area contributed by atoms with Gasteiger partial charge >= 0.3 is 17.6 Å². The largest absolute Gasteiger partial charge is 0.497 e. The Hall–Kier alpha value is -3.81. The van der Waals surface area contributed by atoms with E-state index in [1.165, 1.54) is 12.1 Å². The van der Waals surface area contributed by atoms with Crippen molar-refractivity contribution < 1.29 is 33.0 Å².